The third-order valence-electron chi connectivity index (χ3n) is 3.73. The molecule has 0 aliphatic heterocycles. The maximum absolute atomic E-state index is 4.39. The van der Waals surface area contributed by atoms with Crippen LogP contribution in [0.5, 0.6) is 0 Å². The summed E-state index contributed by atoms with van der Waals surface area (Å²) in [5.41, 5.74) is 3.69. The van der Waals surface area contributed by atoms with E-state index in [0.29, 0.717) is 6.04 Å². The fourth-order valence-corrected chi connectivity index (χ4v) is 2.70. The summed E-state index contributed by atoms with van der Waals surface area (Å²) in [4.78, 5) is 6.68. The van der Waals surface area contributed by atoms with Gasteiger partial charge in [0.05, 0.1) is 0 Å². The highest BCUT2D eigenvalue weighted by Gasteiger charge is 2.13. The second-order valence-electron chi connectivity index (χ2n) is 5.21. The van der Waals surface area contributed by atoms with Crippen LogP contribution in [0, 0.1) is 0 Å². The quantitative estimate of drug-likeness (QED) is 0.861. The Morgan fingerprint density at radius 2 is 2.10 bits per heavy atom. The number of aromatic nitrogens is 1. The summed E-state index contributed by atoms with van der Waals surface area (Å²) in [5, 5.41) is 3.32. The molecule has 1 atom stereocenters. The summed E-state index contributed by atoms with van der Waals surface area (Å²) in [6, 6.07) is 12.8. The first-order valence-corrected chi connectivity index (χ1v) is 7.99. The minimum Gasteiger partial charge on any atom is -0.374 e. The standard InChI is InChI=1S/C17H22BrN3/c1-13(19-2)16-12-14(18)7-8-17(16)21(3)11-9-15-6-4-5-10-20-15/h4-8,10,12-13,19H,9,11H2,1-3H3. The largest absolute Gasteiger partial charge is 0.374 e. The molecule has 2 aromatic rings. The third kappa shape index (κ3) is 4.29. The lowest BCUT2D eigenvalue weighted by atomic mass is 10.1. The second-order valence-corrected chi connectivity index (χ2v) is 6.12. The smallest absolute Gasteiger partial charge is 0.0421 e. The zero-order valence-electron chi connectivity index (χ0n) is 12.8. The van der Waals surface area contributed by atoms with Gasteiger partial charge < -0.3 is 10.2 Å². The molecule has 1 aromatic carbocycles. The number of hydrogen-bond acceptors (Lipinski definition) is 3. The van der Waals surface area contributed by atoms with Crippen LogP contribution in [0.3, 0.4) is 0 Å². The van der Waals surface area contributed by atoms with E-state index in [9.17, 15) is 0 Å². The van der Waals surface area contributed by atoms with Crippen molar-refractivity contribution in [1.82, 2.24) is 10.3 Å². The molecule has 1 heterocycles. The summed E-state index contributed by atoms with van der Waals surface area (Å²) < 4.78 is 1.11. The lowest BCUT2D eigenvalue weighted by Crippen LogP contribution is -2.24. The number of nitrogens with zero attached hydrogens (tertiary/aromatic N) is 2. The van der Waals surface area contributed by atoms with Crippen molar-refractivity contribution in [2.75, 3.05) is 25.5 Å². The molecule has 0 aliphatic rings. The zero-order valence-corrected chi connectivity index (χ0v) is 14.4. The van der Waals surface area contributed by atoms with Gasteiger partial charge in [0.25, 0.3) is 0 Å². The number of rotatable bonds is 6. The Balaban J connectivity index is 2.13. The SMILES string of the molecule is CNC(C)c1cc(Br)ccc1N(C)CCc1ccccn1. The van der Waals surface area contributed by atoms with Gasteiger partial charge in [0.1, 0.15) is 0 Å². The highest BCUT2D eigenvalue weighted by molar-refractivity contribution is 9.10. The van der Waals surface area contributed by atoms with E-state index in [-0.39, 0.29) is 0 Å². The number of nitrogens with one attached hydrogen (secondary N) is 1. The van der Waals surface area contributed by atoms with E-state index >= 15 is 0 Å². The molecule has 0 saturated carbocycles. The summed E-state index contributed by atoms with van der Waals surface area (Å²) in [7, 11) is 4.13. The van der Waals surface area contributed by atoms with Crippen molar-refractivity contribution in [2.24, 2.45) is 0 Å². The molecule has 0 saturated heterocycles. The Morgan fingerprint density at radius 1 is 1.29 bits per heavy atom. The molecule has 1 aromatic heterocycles. The molecule has 0 bridgehead atoms. The molecule has 3 nitrogen and oxygen atoms in total. The Labute approximate surface area is 135 Å². The predicted molar refractivity (Wildman–Crippen MR) is 92.8 cm³/mol. The maximum Gasteiger partial charge on any atom is 0.0421 e. The minimum absolute atomic E-state index is 0.315. The van der Waals surface area contributed by atoms with Crippen molar-refractivity contribution in [3.63, 3.8) is 0 Å². The van der Waals surface area contributed by atoms with Gasteiger partial charge in [-0.25, -0.2) is 0 Å². The first-order chi connectivity index (χ1) is 10.1. The average Bonchev–Trinajstić information content (AvgIpc) is 2.52. The minimum atomic E-state index is 0.315. The van der Waals surface area contributed by atoms with Crippen LogP contribution in [0.4, 0.5) is 5.69 Å². The highest BCUT2D eigenvalue weighted by Crippen LogP contribution is 2.28. The molecule has 4 heteroatoms. The Morgan fingerprint density at radius 3 is 2.76 bits per heavy atom. The number of pyridine rings is 1. The van der Waals surface area contributed by atoms with Crippen molar-refractivity contribution in [3.8, 4) is 0 Å². The number of likely N-dealkylation sites (N-methyl/N-ethyl adjacent to an activating group) is 1. The summed E-state index contributed by atoms with van der Waals surface area (Å²) in [6.45, 7) is 3.12. The van der Waals surface area contributed by atoms with Crippen LogP contribution in [0.2, 0.25) is 0 Å². The van der Waals surface area contributed by atoms with Gasteiger partial charge in [-0.3, -0.25) is 4.98 Å². The molecular weight excluding hydrogens is 326 g/mol. The van der Waals surface area contributed by atoms with Crippen molar-refractivity contribution in [3.05, 3.63) is 58.3 Å². The Bertz CT molecular complexity index is 572. The third-order valence-corrected chi connectivity index (χ3v) is 4.22. The van der Waals surface area contributed by atoms with E-state index < -0.39 is 0 Å². The van der Waals surface area contributed by atoms with Gasteiger partial charge in [0, 0.05) is 48.1 Å². The number of halogens is 1. The first kappa shape index (κ1) is 16.0. The summed E-state index contributed by atoms with van der Waals surface area (Å²) in [6.07, 6.45) is 2.80. The van der Waals surface area contributed by atoms with Crippen LogP contribution in [-0.2, 0) is 6.42 Å². The fourth-order valence-electron chi connectivity index (χ4n) is 2.32. The van der Waals surface area contributed by atoms with Gasteiger partial charge in [0.2, 0.25) is 0 Å². The van der Waals surface area contributed by atoms with E-state index in [1.807, 2.05) is 25.4 Å². The van der Waals surface area contributed by atoms with Crippen molar-refractivity contribution in [1.29, 1.82) is 0 Å². The highest BCUT2D eigenvalue weighted by atomic mass is 79.9. The molecule has 1 unspecified atom stereocenters. The molecule has 0 aliphatic carbocycles. The van der Waals surface area contributed by atoms with Crippen molar-refractivity contribution in [2.45, 2.75) is 19.4 Å². The number of benzene rings is 1. The lowest BCUT2D eigenvalue weighted by molar-refractivity contribution is 0.649. The van der Waals surface area contributed by atoms with Gasteiger partial charge in [0.15, 0.2) is 0 Å². The van der Waals surface area contributed by atoms with E-state index in [1.165, 1.54) is 11.3 Å². The molecule has 0 fully saturated rings. The van der Waals surface area contributed by atoms with Crippen LogP contribution >= 0.6 is 15.9 Å². The van der Waals surface area contributed by atoms with E-state index in [4.69, 9.17) is 0 Å². The lowest BCUT2D eigenvalue weighted by Gasteiger charge is -2.25. The van der Waals surface area contributed by atoms with Gasteiger partial charge in [-0.2, -0.15) is 0 Å². The first-order valence-electron chi connectivity index (χ1n) is 7.19. The van der Waals surface area contributed by atoms with Crippen molar-refractivity contribution >= 4 is 21.6 Å². The molecule has 2 rings (SSSR count). The van der Waals surface area contributed by atoms with Crippen LogP contribution in [0.1, 0.15) is 24.2 Å². The molecule has 1 N–H and O–H groups in total. The molecule has 0 spiro atoms. The maximum atomic E-state index is 4.39. The average molecular weight is 348 g/mol. The number of hydrogen-bond donors (Lipinski definition) is 1. The van der Waals surface area contributed by atoms with Gasteiger partial charge in [-0.1, -0.05) is 22.0 Å². The van der Waals surface area contributed by atoms with Crippen LogP contribution in [0.25, 0.3) is 0 Å². The zero-order chi connectivity index (χ0) is 15.2. The van der Waals surface area contributed by atoms with E-state index in [2.05, 4.69) is 69.4 Å². The monoisotopic (exact) mass is 347 g/mol. The topological polar surface area (TPSA) is 28.2 Å². The van der Waals surface area contributed by atoms with Crippen LogP contribution in [-0.4, -0.2) is 25.6 Å². The van der Waals surface area contributed by atoms with Gasteiger partial charge >= 0.3 is 0 Å². The van der Waals surface area contributed by atoms with Crippen LogP contribution in [0.15, 0.2) is 47.1 Å². The van der Waals surface area contributed by atoms with Gasteiger partial charge in [-0.05, 0) is 49.9 Å². The fraction of sp³-hybridized carbons (Fsp3) is 0.353. The Hall–Kier alpha value is -1.39. The summed E-state index contributed by atoms with van der Waals surface area (Å²) in [5.74, 6) is 0. The molecule has 0 amide bonds. The van der Waals surface area contributed by atoms with Gasteiger partial charge in [-0.15, -0.1) is 0 Å². The predicted octanol–water partition coefficient (Wildman–Crippen LogP) is 3.80. The van der Waals surface area contributed by atoms with E-state index in [0.717, 1.165) is 23.1 Å². The molecular formula is C17H22BrN3. The molecule has 112 valence electrons. The van der Waals surface area contributed by atoms with Crippen molar-refractivity contribution < 1.29 is 0 Å². The Kier molecular flexibility index (Phi) is 5.76. The molecule has 0 radical (unpaired) electrons. The van der Waals surface area contributed by atoms with Crippen LogP contribution < -0.4 is 10.2 Å². The number of anilines is 1. The summed E-state index contributed by atoms with van der Waals surface area (Å²) >= 11 is 3.56. The normalized spacial score (nSPS) is 12.2. The molecule has 21 heavy (non-hydrogen) atoms. The van der Waals surface area contributed by atoms with E-state index in [1.54, 1.807) is 0 Å². The second kappa shape index (κ2) is 7.57.